The summed E-state index contributed by atoms with van der Waals surface area (Å²) in [5, 5.41) is 0. The molecule has 2 aromatic carbocycles. The minimum atomic E-state index is 0.0321. The van der Waals surface area contributed by atoms with Crippen LogP contribution in [-0.4, -0.2) is 23.9 Å². The second-order valence-electron chi connectivity index (χ2n) is 7.49. The van der Waals surface area contributed by atoms with Crippen LogP contribution in [0.4, 0.5) is 11.4 Å². The van der Waals surface area contributed by atoms with E-state index >= 15 is 0 Å². The van der Waals surface area contributed by atoms with Gasteiger partial charge in [-0.1, -0.05) is 50.2 Å². The Kier molecular flexibility index (Phi) is 3.38. The lowest BCUT2D eigenvalue weighted by atomic mass is 9.84. The van der Waals surface area contributed by atoms with E-state index in [1.54, 1.807) is 0 Å². The number of rotatable bonds is 1. The Morgan fingerprint density at radius 3 is 2.58 bits per heavy atom. The molecule has 4 rings (SSSR count). The van der Waals surface area contributed by atoms with E-state index in [4.69, 9.17) is 0 Å². The van der Waals surface area contributed by atoms with Crippen molar-refractivity contribution in [3.8, 4) is 0 Å². The average Bonchev–Trinajstić information content (AvgIpc) is 2.99. The largest absolute Gasteiger partial charge is 0.347 e. The Labute approximate surface area is 144 Å². The van der Waals surface area contributed by atoms with Crippen molar-refractivity contribution in [1.82, 2.24) is 0 Å². The lowest BCUT2D eigenvalue weighted by Crippen LogP contribution is -2.24. The highest BCUT2D eigenvalue weighted by Crippen LogP contribution is 2.46. The highest BCUT2D eigenvalue weighted by molar-refractivity contribution is 5.78. The summed E-state index contributed by atoms with van der Waals surface area (Å²) < 4.78 is 2.41. The maximum Gasteiger partial charge on any atom is 0.208 e. The van der Waals surface area contributed by atoms with Gasteiger partial charge in [-0.3, -0.25) is 0 Å². The van der Waals surface area contributed by atoms with Gasteiger partial charge in [0.25, 0.3) is 0 Å². The van der Waals surface area contributed by atoms with Gasteiger partial charge in [0.05, 0.1) is 0 Å². The topological polar surface area (TPSA) is 6.25 Å². The summed E-state index contributed by atoms with van der Waals surface area (Å²) in [5.41, 5.74) is 6.89. The number of allylic oxidation sites excluding steroid dienone is 2. The Morgan fingerprint density at radius 1 is 1.08 bits per heavy atom. The number of fused-ring (bicyclic) bond motifs is 2. The van der Waals surface area contributed by atoms with Crippen LogP contribution in [0.1, 0.15) is 31.9 Å². The van der Waals surface area contributed by atoms with Gasteiger partial charge in [0.2, 0.25) is 5.69 Å². The molecule has 0 N–H and O–H groups in total. The molecule has 0 saturated heterocycles. The molecule has 0 amide bonds. The minimum absolute atomic E-state index is 0.0321. The molecular weight excluding hydrogens is 292 g/mol. The molecule has 2 aromatic rings. The number of hydrogen-bond acceptors (Lipinski definition) is 1. The number of likely N-dealkylation sites (N-methyl/N-ethyl adjacent to an activating group) is 1. The van der Waals surface area contributed by atoms with Crippen molar-refractivity contribution in [3.05, 3.63) is 71.4 Å². The number of nitrogens with zero attached hydrogens (tertiary/aromatic N) is 2. The number of hydrogen-bond donors (Lipinski definition) is 0. The minimum Gasteiger partial charge on any atom is -0.347 e. The number of benzene rings is 2. The van der Waals surface area contributed by atoms with E-state index in [1.165, 1.54) is 28.2 Å². The van der Waals surface area contributed by atoms with Crippen LogP contribution in [0.15, 0.2) is 60.3 Å². The Bertz CT molecular complexity index is 858. The van der Waals surface area contributed by atoms with Crippen LogP contribution in [0.5, 0.6) is 0 Å². The summed E-state index contributed by atoms with van der Waals surface area (Å²) in [6.07, 6.45) is 5.70. The first-order chi connectivity index (χ1) is 11.5. The van der Waals surface area contributed by atoms with Crippen molar-refractivity contribution in [1.29, 1.82) is 0 Å². The highest BCUT2D eigenvalue weighted by Gasteiger charge is 2.38. The maximum absolute atomic E-state index is 2.41. The predicted molar refractivity (Wildman–Crippen MR) is 102 cm³/mol. The second-order valence-corrected chi connectivity index (χ2v) is 7.49. The van der Waals surface area contributed by atoms with Crippen molar-refractivity contribution in [2.24, 2.45) is 0 Å². The van der Waals surface area contributed by atoms with Gasteiger partial charge in [0.15, 0.2) is 12.3 Å². The van der Waals surface area contributed by atoms with Crippen molar-refractivity contribution in [2.45, 2.75) is 38.6 Å². The molecule has 2 aliphatic heterocycles. The smallest absolute Gasteiger partial charge is 0.208 e. The van der Waals surface area contributed by atoms with E-state index in [0.717, 1.165) is 6.42 Å². The lowest BCUT2D eigenvalue weighted by Gasteiger charge is -2.23. The van der Waals surface area contributed by atoms with Crippen LogP contribution in [0.25, 0.3) is 0 Å². The first kappa shape index (κ1) is 15.2. The first-order valence-corrected chi connectivity index (χ1v) is 8.75. The summed E-state index contributed by atoms with van der Waals surface area (Å²) in [6, 6.07) is 18.0. The molecule has 0 fully saturated rings. The molecule has 2 nitrogen and oxygen atoms in total. The van der Waals surface area contributed by atoms with E-state index in [2.05, 4.69) is 98.1 Å². The third kappa shape index (κ3) is 2.13. The van der Waals surface area contributed by atoms with E-state index < -0.39 is 0 Å². The fourth-order valence-electron chi connectivity index (χ4n) is 4.27. The maximum atomic E-state index is 2.41. The van der Waals surface area contributed by atoms with Crippen LogP contribution in [0.3, 0.4) is 0 Å². The van der Waals surface area contributed by atoms with Crippen LogP contribution < -0.4 is 4.90 Å². The zero-order chi connectivity index (χ0) is 16.9. The standard InChI is InChI=1S/C22H25N2/c1-16-15-17-9-5-7-11-19(17)24(16)14-13-21-22(2,3)18-10-6-8-12-20(18)23(21)4/h5-14,16H,15H2,1-4H3/q+1/t16-/m1/s1. The molecule has 0 unspecified atom stereocenters. The van der Waals surface area contributed by atoms with Crippen LogP contribution in [-0.2, 0) is 11.8 Å². The fourth-order valence-corrected chi connectivity index (χ4v) is 4.27. The van der Waals surface area contributed by atoms with Gasteiger partial charge >= 0.3 is 0 Å². The van der Waals surface area contributed by atoms with Crippen LogP contribution in [0.2, 0.25) is 0 Å². The van der Waals surface area contributed by atoms with Gasteiger partial charge in [0, 0.05) is 48.0 Å². The van der Waals surface area contributed by atoms with E-state index in [1.807, 2.05) is 0 Å². The van der Waals surface area contributed by atoms with Crippen LogP contribution in [0, 0.1) is 0 Å². The van der Waals surface area contributed by atoms with Gasteiger partial charge < -0.3 is 4.90 Å². The van der Waals surface area contributed by atoms with Crippen molar-refractivity contribution in [3.63, 3.8) is 0 Å². The molecule has 0 aliphatic carbocycles. The monoisotopic (exact) mass is 317 g/mol. The lowest BCUT2D eigenvalue weighted by molar-refractivity contribution is -0.463. The molecule has 24 heavy (non-hydrogen) atoms. The number of para-hydroxylation sites is 2. The zero-order valence-electron chi connectivity index (χ0n) is 15.0. The van der Waals surface area contributed by atoms with E-state index in [9.17, 15) is 0 Å². The van der Waals surface area contributed by atoms with Crippen molar-refractivity contribution >= 4 is 17.6 Å². The summed E-state index contributed by atoms with van der Waals surface area (Å²) in [7, 11) is 2.18. The van der Waals surface area contributed by atoms with Gasteiger partial charge in [-0.25, -0.2) is 0 Å². The zero-order valence-corrected chi connectivity index (χ0v) is 15.0. The molecule has 0 bridgehead atoms. The molecule has 1 atom stereocenters. The van der Waals surface area contributed by atoms with Gasteiger partial charge in [-0.05, 0) is 18.6 Å². The first-order valence-electron chi connectivity index (χ1n) is 8.75. The molecule has 0 saturated carbocycles. The van der Waals surface area contributed by atoms with Crippen molar-refractivity contribution in [2.75, 3.05) is 11.9 Å². The van der Waals surface area contributed by atoms with E-state index in [0.29, 0.717) is 6.04 Å². The molecule has 122 valence electrons. The molecular formula is C22H25N2+. The van der Waals surface area contributed by atoms with E-state index in [-0.39, 0.29) is 5.41 Å². The van der Waals surface area contributed by atoms with Gasteiger partial charge in [-0.2, -0.15) is 4.58 Å². The SMILES string of the molecule is C[C@@H]1Cc2ccccc2[N+]1=CC=C1N(C)c2ccccc2C1(C)C. The third-order valence-corrected chi connectivity index (χ3v) is 5.59. The van der Waals surface area contributed by atoms with Crippen molar-refractivity contribution < 1.29 is 4.58 Å². The molecule has 0 spiro atoms. The fraction of sp³-hybridized carbons (Fsp3) is 0.318. The molecule has 0 aromatic heterocycles. The quantitative estimate of drug-likeness (QED) is 0.694. The Balaban J connectivity index is 1.78. The Morgan fingerprint density at radius 2 is 1.79 bits per heavy atom. The third-order valence-electron chi connectivity index (χ3n) is 5.59. The predicted octanol–water partition coefficient (Wildman–Crippen LogP) is 4.66. The molecule has 2 heteroatoms. The van der Waals surface area contributed by atoms with Crippen LogP contribution >= 0.6 is 0 Å². The number of anilines is 1. The molecule has 2 heterocycles. The Hall–Kier alpha value is -2.35. The normalized spacial score (nSPS) is 24.5. The van der Waals surface area contributed by atoms with Gasteiger partial charge in [-0.15, -0.1) is 0 Å². The summed E-state index contributed by atoms with van der Waals surface area (Å²) in [4.78, 5) is 2.33. The summed E-state index contributed by atoms with van der Waals surface area (Å²) in [5.74, 6) is 0. The summed E-state index contributed by atoms with van der Waals surface area (Å²) >= 11 is 0. The molecule has 2 aliphatic rings. The average molecular weight is 317 g/mol. The highest BCUT2D eigenvalue weighted by atomic mass is 15.2. The second kappa shape index (κ2) is 5.34. The van der Waals surface area contributed by atoms with Gasteiger partial charge in [0.1, 0.15) is 0 Å². The summed E-state index contributed by atoms with van der Waals surface area (Å²) in [6.45, 7) is 6.93. The molecule has 0 radical (unpaired) electrons.